The Kier molecular flexibility index (Phi) is 6.92. The fraction of sp³-hybridized carbons (Fsp3) is 0.455. The molecule has 7 nitrogen and oxygen atoms in total. The smallest absolute Gasteiger partial charge is 0.410 e. The van der Waals surface area contributed by atoms with Crippen LogP contribution in [0.4, 0.5) is 4.79 Å². The number of furan rings is 1. The van der Waals surface area contributed by atoms with E-state index in [2.05, 4.69) is 0 Å². The van der Waals surface area contributed by atoms with E-state index in [1.165, 1.54) is 0 Å². The lowest BCUT2D eigenvalue weighted by atomic mass is 10.2. The Labute approximate surface area is 181 Å². The van der Waals surface area contributed by atoms with Gasteiger partial charge in [0, 0.05) is 26.2 Å². The largest absolute Gasteiger partial charge is 0.484 e. The number of amides is 2. The summed E-state index contributed by atoms with van der Waals surface area (Å²) in [7, 11) is 0. The average Bonchev–Trinajstić information content (AvgIpc) is 3.01. The summed E-state index contributed by atoms with van der Waals surface area (Å²) >= 11 is 6.08. The van der Waals surface area contributed by atoms with Gasteiger partial charge in [-0.15, -0.1) is 0 Å². The summed E-state index contributed by atoms with van der Waals surface area (Å²) in [5.41, 5.74) is -0.546. The van der Waals surface area contributed by atoms with Gasteiger partial charge in [-0.25, -0.2) is 4.79 Å². The molecule has 1 aromatic carbocycles. The van der Waals surface area contributed by atoms with Crippen LogP contribution < -0.4 is 4.74 Å². The Balaban J connectivity index is 1.55. The maximum absolute atomic E-state index is 12.8. The number of para-hydroxylation sites is 1. The van der Waals surface area contributed by atoms with Crippen LogP contribution in [0, 0.1) is 0 Å². The van der Waals surface area contributed by atoms with Gasteiger partial charge in [-0.1, -0.05) is 23.7 Å². The zero-order chi connectivity index (χ0) is 21.7. The molecule has 1 saturated heterocycles. The van der Waals surface area contributed by atoms with Gasteiger partial charge in [0.05, 0.1) is 5.02 Å². The Morgan fingerprint density at radius 1 is 1.03 bits per heavy atom. The van der Waals surface area contributed by atoms with Gasteiger partial charge in [-0.05, 0) is 51.5 Å². The van der Waals surface area contributed by atoms with Crippen LogP contribution in [-0.2, 0) is 11.3 Å². The minimum atomic E-state index is -0.546. The van der Waals surface area contributed by atoms with Crippen molar-refractivity contribution >= 4 is 23.6 Å². The number of hydrogen-bond donors (Lipinski definition) is 0. The standard InChI is InChI=1S/C22H27ClN2O5/c1-22(2,3)30-21(27)25-12-6-11-24(13-14-25)20(26)19-10-9-16(29-19)15-28-18-8-5-4-7-17(18)23/h4-5,7-10H,6,11-15H2,1-3H3. The predicted octanol–water partition coefficient (Wildman–Crippen LogP) is 4.60. The molecule has 0 saturated carbocycles. The quantitative estimate of drug-likeness (QED) is 0.703. The molecule has 0 bridgehead atoms. The molecule has 1 aliphatic rings. The molecule has 1 aromatic heterocycles. The molecule has 0 spiro atoms. The van der Waals surface area contributed by atoms with E-state index in [1.807, 2.05) is 32.9 Å². The SMILES string of the molecule is CC(C)(C)OC(=O)N1CCCN(C(=O)c2ccc(COc3ccccc3Cl)o2)CC1. The average molecular weight is 435 g/mol. The van der Waals surface area contributed by atoms with E-state index >= 15 is 0 Å². The van der Waals surface area contributed by atoms with Gasteiger partial charge < -0.3 is 23.7 Å². The van der Waals surface area contributed by atoms with Crippen molar-refractivity contribution in [2.45, 2.75) is 39.4 Å². The van der Waals surface area contributed by atoms with Crippen LogP contribution in [0.25, 0.3) is 0 Å². The van der Waals surface area contributed by atoms with Crippen LogP contribution in [0.2, 0.25) is 5.02 Å². The third-order valence-corrected chi connectivity index (χ3v) is 4.83. The normalized spacial score (nSPS) is 14.9. The molecular formula is C22H27ClN2O5. The first-order valence-electron chi connectivity index (χ1n) is 9.96. The molecule has 30 heavy (non-hydrogen) atoms. The van der Waals surface area contributed by atoms with Crippen molar-refractivity contribution in [3.63, 3.8) is 0 Å². The number of ether oxygens (including phenoxy) is 2. The van der Waals surface area contributed by atoms with Crippen molar-refractivity contribution in [3.8, 4) is 5.75 Å². The van der Waals surface area contributed by atoms with Crippen LogP contribution >= 0.6 is 11.6 Å². The van der Waals surface area contributed by atoms with Crippen LogP contribution in [0.15, 0.2) is 40.8 Å². The summed E-state index contributed by atoms with van der Waals surface area (Å²) in [4.78, 5) is 28.5. The van der Waals surface area contributed by atoms with Gasteiger partial charge in [0.15, 0.2) is 5.76 Å². The summed E-state index contributed by atoms with van der Waals surface area (Å²) in [6, 6.07) is 10.5. The van der Waals surface area contributed by atoms with Gasteiger partial charge in [0.25, 0.3) is 5.91 Å². The number of rotatable bonds is 4. The van der Waals surface area contributed by atoms with E-state index in [4.69, 9.17) is 25.5 Å². The molecule has 162 valence electrons. The van der Waals surface area contributed by atoms with E-state index in [0.29, 0.717) is 49.1 Å². The van der Waals surface area contributed by atoms with Gasteiger partial charge >= 0.3 is 6.09 Å². The Hall–Kier alpha value is -2.67. The van der Waals surface area contributed by atoms with Crippen LogP contribution in [0.5, 0.6) is 5.75 Å². The van der Waals surface area contributed by atoms with Crippen molar-refractivity contribution in [3.05, 3.63) is 52.9 Å². The molecule has 0 atom stereocenters. The van der Waals surface area contributed by atoms with Crippen LogP contribution in [-0.4, -0.2) is 53.6 Å². The molecule has 2 heterocycles. The zero-order valence-corrected chi connectivity index (χ0v) is 18.3. The first kappa shape index (κ1) is 22.0. The molecular weight excluding hydrogens is 408 g/mol. The lowest BCUT2D eigenvalue weighted by molar-refractivity contribution is 0.0255. The second-order valence-corrected chi connectivity index (χ2v) is 8.51. The number of benzene rings is 1. The molecule has 3 rings (SSSR count). The number of halogens is 1. The van der Waals surface area contributed by atoms with Gasteiger partial charge in [0.1, 0.15) is 23.7 Å². The third-order valence-electron chi connectivity index (χ3n) is 4.51. The fourth-order valence-corrected chi connectivity index (χ4v) is 3.26. The highest BCUT2D eigenvalue weighted by atomic mass is 35.5. The molecule has 2 amide bonds. The molecule has 0 aliphatic carbocycles. The predicted molar refractivity (Wildman–Crippen MR) is 113 cm³/mol. The number of carbonyl (C=O) groups is 2. The molecule has 8 heteroatoms. The highest BCUT2D eigenvalue weighted by Gasteiger charge is 2.27. The molecule has 2 aromatic rings. The Morgan fingerprint density at radius 2 is 1.73 bits per heavy atom. The second kappa shape index (κ2) is 9.43. The van der Waals surface area contributed by atoms with Crippen LogP contribution in [0.1, 0.15) is 43.5 Å². The van der Waals surface area contributed by atoms with Crippen molar-refractivity contribution in [2.75, 3.05) is 26.2 Å². The van der Waals surface area contributed by atoms with Crippen molar-refractivity contribution in [1.82, 2.24) is 9.80 Å². The fourth-order valence-electron chi connectivity index (χ4n) is 3.07. The molecule has 0 radical (unpaired) electrons. The van der Waals surface area contributed by atoms with E-state index in [-0.39, 0.29) is 24.4 Å². The minimum Gasteiger partial charge on any atom is -0.484 e. The van der Waals surface area contributed by atoms with Gasteiger partial charge in [-0.3, -0.25) is 4.79 Å². The summed E-state index contributed by atoms with van der Waals surface area (Å²) in [5.74, 6) is 1.13. The summed E-state index contributed by atoms with van der Waals surface area (Å²) < 4.78 is 16.8. The first-order valence-corrected chi connectivity index (χ1v) is 10.3. The van der Waals surface area contributed by atoms with E-state index in [0.717, 1.165) is 0 Å². The summed E-state index contributed by atoms with van der Waals surface area (Å²) in [6.45, 7) is 7.61. The monoisotopic (exact) mass is 434 g/mol. The Morgan fingerprint density at radius 3 is 2.47 bits per heavy atom. The molecule has 1 aliphatic heterocycles. The third kappa shape index (κ3) is 5.92. The number of nitrogens with zero attached hydrogens (tertiary/aromatic N) is 2. The summed E-state index contributed by atoms with van der Waals surface area (Å²) in [5, 5.41) is 0.513. The molecule has 0 N–H and O–H groups in total. The molecule has 0 unspecified atom stereocenters. The van der Waals surface area contributed by atoms with Crippen LogP contribution in [0.3, 0.4) is 0 Å². The van der Waals surface area contributed by atoms with Gasteiger partial charge in [-0.2, -0.15) is 0 Å². The highest BCUT2D eigenvalue weighted by molar-refractivity contribution is 6.32. The number of carbonyl (C=O) groups excluding carboxylic acids is 2. The van der Waals surface area contributed by atoms with Gasteiger partial charge in [0.2, 0.25) is 0 Å². The molecule has 1 fully saturated rings. The van der Waals surface area contributed by atoms with Crippen molar-refractivity contribution in [2.24, 2.45) is 0 Å². The first-order chi connectivity index (χ1) is 14.2. The highest BCUT2D eigenvalue weighted by Crippen LogP contribution is 2.24. The topological polar surface area (TPSA) is 72.2 Å². The maximum Gasteiger partial charge on any atom is 0.410 e. The van der Waals surface area contributed by atoms with E-state index in [1.54, 1.807) is 34.1 Å². The van der Waals surface area contributed by atoms with E-state index < -0.39 is 5.60 Å². The second-order valence-electron chi connectivity index (χ2n) is 8.10. The van der Waals surface area contributed by atoms with Crippen molar-refractivity contribution in [1.29, 1.82) is 0 Å². The summed E-state index contributed by atoms with van der Waals surface area (Å²) in [6.07, 6.45) is 0.322. The minimum absolute atomic E-state index is 0.170. The lowest BCUT2D eigenvalue weighted by Crippen LogP contribution is -2.40. The number of hydrogen-bond acceptors (Lipinski definition) is 5. The lowest BCUT2D eigenvalue weighted by Gasteiger charge is -2.26. The maximum atomic E-state index is 12.8. The Bertz CT molecular complexity index is 890. The van der Waals surface area contributed by atoms with Crippen molar-refractivity contribution < 1.29 is 23.5 Å². The van der Waals surface area contributed by atoms with E-state index in [9.17, 15) is 9.59 Å². The zero-order valence-electron chi connectivity index (χ0n) is 17.5.